The van der Waals surface area contributed by atoms with Crippen LogP contribution in [0.4, 0.5) is 18.9 Å². The predicted molar refractivity (Wildman–Crippen MR) is 111 cm³/mol. The lowest BCUT2D eigenvalue weighted by molar-refractivity contribution is -0.137. The molecule has 3 rings (SSSR count). The highest BCUT2D eigenvalue weighted by Crippen LogP contribution is 2.40. The van der Waals surface area contributed by atoms with Crippen LogP contribution in [0.15, 0.2) is 53.5 Å². The van der Waals surface area contributed by atoms with E-state index in [1.165, 1.54) is 12.1 Å². The first-order chi connectivity index (χ1) is 12.3. The maximum Gasteiger partial charge on any atom is 0.416 e. The normalized spacial score (nSPS) is 19.6. The fourth-order valence-electron chi connectivity index (χ4n) is 3.01. The van der Waals surface area contributed by atoms with Gasteiger partial charge in [0, 0.05) is 11.8 Å². The van der Waals surface area contributed by atoms with Crippen molar-refractivity contribution in [2.24, 2.45) is 10.7 Å². The number of ether oxygens (including phenoxy) is 1. The molecule has 27 heavy (non-hydrogen) atoms. The first-order valence-corrected chi connectivity index (χ1v) is 8.26. The fourth-order valence-corrected chi connectivity index (χ4v) is 3.01. The highest BCUT2D eigenvalue weighted by Gasteiger charge is 2.34. The molecule has 146 valence electrons. The summed E-state index contributed by atoms with van der Waals surface area (Å²) in [5.41, 5.74) is 6.78. The number of rotatable bonds is 4. The second-order valence-corrected chi connectivity index (χ2v) is 6.32. The molecule has 1 fully saturated rings. The van der Waals surface area contributed by atoms with Crippen LogP contribution in [0, 0.1) is 0 Å². The van der Waals surface area contributed by atoms with Gasteiger partial charge in [0.2, 0.25) is 0 Å². The molecule has 2 aromatic carbocycles. The average Bonchev–Trinajstić information content (AvgIpc) is 2.57. The topological polar surface area (TPSA) is 59.6 Å². The number of nitrogens with one attached hydrogen (secondary N) is 1. The predicted octanol–water partition coefficient (Wildman–Crippen LogP) is 5.00. The second-order valence-electron chi connectivity index (χ2n) is 6.32. The number of halogens is 4. The highest BCUT2D eigenvalue weighted by molar-refractivity contribution is 14.0. The van der Waals surface area contributed by atoms with E-state index in [0.29, 0.717) is 24.2 Å². The molecule has 0 saturated heterocycles. The van der Waals surface area contributed by atoms with Gasteiger partial charge in [0.05, 0.1) is 18.7 Å². The Hall–Kier alpha value is -1.97. The summed E-state index contributed by atoms with van der Waals surface area (Å²) in [6, 6.07) is 12.8. The molecule has 3 N–H and O–H groups in total. The minimum absolute atomic E-state index is 0. The fraction of sp³-hybridized carbons (Fsp3) is 0.316. The van der Waals surface area contributed by atoms with Crippen LogP contribution in [-0.2, 0) is 6.18 Å². The van der Waals surface area contributed by atoms with E-state index in [2.05, 4.69) is 10.3 Å². The molecule has 1 aliphatic rings. The monoisotopic (exact) mass is 491 g/mol. The lowest BCUT2D eigenvalue weighted by Crippen LogP contribution is -2.31. The lowest BCUT2D eigenvalue weighted by Gasteiger charge is -2.33. The van der Waals surface area contributed by atoms with Crippen molar-refractivity contribution in [3.05, 3.63) is 59.7 Å². The number of anilines is 1. The number of nitrogens with zero attached hydrogens (tertiary/aromatic N) is 1. The van der Waals surface area contributed by atoms with Gasteiger partial charge in [-0.1, -0.05) is 24.3 Å². The first kappa shape index (κ1) is 21.3. The molecule has 0 amide bonds. The van der Waals surface area contributed by atoms with Crippen LogP contribution in [0.5, 0.6) is 5.75 Å². The zero-order valence-corrected chi connectivity index (χ0v) is 17.0. The van der Waals surface area contributed by atoms with E-state index in [0.717, 1.165) is 11.8 Å². The molecule has 1 saturated carbocycles. The van der Waals surface area contributed by atoms with Gasteiger partial charge in [-0.2, -0.15) is 13.2 Å². The zero-order chi connectivity index (χ0) is 18.7. The van der Waals surface area contributed by atoms with Crippen molar-refractivity contribution < 1.29 is 17.9 Å². The molecule has 0 unspecified atom stereocenters. The summed E-state index contributed by atoms with van der Waals surface area (Å²) in [6.45, 7) is 0. The third-order valence-electron chi connectivity index (χ3n) is 4.46. The SMILES string of the molecule is COc1cccc(NC(N)=NC2CC(c3cccc(C(F)(F)F)c3)C2)c1.I. The van der Waals surface area contributed by atoms with Crippen LogP contribution < -0.4 is 15.8 Å². The Bertz CT molecular complexity index is 805. The third kappa shape index (κ3) is 5.50. The molecule has 0 spiro atoms. The van der Waals surface area contributed by atoms with E-state index in [-0.39, 0.29) is 41.9 Å². The van der Waals surface area contributed by atoms with E-state index in [1.807, 2.05) is 18.2 Å². The van der Waals surface area contributed by atoms with Crippen molar-refractivity contribution in [3.8, 4) is 5.75 Å². The summed E-state index contributed by atoms with van der Waals surface area (Å²) in [6.07, 6.45) is -2.95. The molecular weight excluding hydrogens is 470 g/mol. The Kier molecular flexibility index (Phi) is 6.96. The standard InChI is InChI=1S/C19H20F3N3O.HI/c1-26-17-7-3-6-15(11-17)24-18(23)25-16-9-13(10-16)12-4-2-5-14(8-12)19(20,21)22;/h2-8,11,13,16H,9-10H2,1H3,(H3,23,24,25);1H. The Labute approximate surface area is 173 Å². The number of guanidine groups is 1. The van der Waals surface area contributed by atoms with Gasteiger partial charge >= 0.3 is 6.18 Å². The number of aliphatic imine (C=N–C) groups is 1. The van der Waals surface area contributed by atoms with Gasteiger partial charge in [0.1, 0.15) is 5.75 Å². The Morgan fingerprint density at radius 2 is 1.85 bits per heavy atom. The van der Waals surface area contributed by atoms with Crippen molar-refractivity contribution in [1.82, 2.24) is 0 Å². The quantitative estimate of drug-likeness (QED) is 0.360. The number of hydrogen-bond acceptors (Lipinski definition) is 2. The van der Waals surface area contributed by atoms with Crippen LogP contribution in [-0.4, -0.2) is 19.1 Å². The number of hydrogen-bond donors (Lipinski definition) is 2. The smallest absolute Gasteiger partial charge is 0.416 e. The number of methoxy groups -OCH3 is 1. The molecule has 0 radical (unpaired) electrons. The van der Waals surface area contributed by atoms with Gasteiger partial charge in [-0.25, -0.2) is 4.99 Å². The van der Waals surface area contributed by atoms with Crippen LogP contribution in [0.2, 0.25) is 0 Å². The van der Waals surface area contributed by atoms with Gasteiger partial charge in [-0.3, -0.25) is 0 Å². The van der Waals surface area contributed by atoms with Gasteiger partial charge in [0.15, 0.2) is 5.96 Å². The molecule has 0 heterocycles. The summed E-state index contributed by atoms with van der Waals surface area (Å²) < 4.78 is 43.6. The van der Waals surface area contributed by atoms with Crippen molar-refractivity contribution in [1.29, 1.82) is 0 Å². The second kappa shape index (κ2) is 8.81. The molecule has 1 aliphatic carbocycles. The largest absolute Gasteiger partial charge is 0.497 e. The van der Waals surface area contributed by atoms with Gasteiger partial charge in [-0.15, -0.1) is 24.0 Å². The summed E-state index contributed by atoms with van der Waals surface area (Å²) in [5.74, 6) is 1.07. The van der Waals surface area contributed by atoms with E-state index in [4.69, 9.17) is 10.5 Å². The summed E-state index contributed by atoms with van der Waals surface area (Å²) in [7, 11) is 1.58. The minimum Gasteiger partial charge on any atom is -0.497 e. The van der Waals surface area contributed by atoms with E-state index in [9.17, 15) is 13.2 Å². The first-order valence-electron chi connectivity index (χ1n) is 8.26. The van der Waals surface area contributed by atoms with Crippen molar-refractivity contribution >= 4 is 35.6 Å². The van der Waals surface area contributed by atoms with Crippen molar-refractivity contribution in [2.45, 2.75) is 31.0 Å². The van der Waals surface area contributed by atoms with Crippen molar-refractivity contribution in [2.75, 3.05) is 12.4 Å². The van der Waals surface area contributed by atoms with Gasteiger partial charge in [-0.05, 0) is 42.5 Å². The lowest BCUT2D eigenvalue weighted by atomic mass is 9.76. The minimum atomic E-state index is -4.32. The molecule has 4 nitrogen and oxygen atoms in total. The number of nitrogens with two attached hydrogens (primary N) is 1. The summed E-state index contributed by atoms with van der Waals surface area (Å²) >= 11 is 0. The maximum absolute atomic E-state index is 12.8. The maximum atomic E-state index is 12.8. The Morgan fingerprint density at radius 3 is 2.52 bits per heavy atom. The van der Waals surface area contributed by atoms with Crippen molar-refractivity contribution in [3.63, 3.8) is 0 Å². The van der Waals surface area contributed by atoms with E-state index in [1.54, 1.807) is 19.2 Å². The summed E-state index contributed by atoms with van der Waals surface area (Å²) in [4.78, 5) is 4.40. The number of benzene rings is 2. The third-order valence-corrected chi connectivity index (χ3v) is 4.46. The van der Waals surface area contributed by atoms with Crippen LogP contribution in [0.1, 0.15) is 29.9 Å². The molecule has 0 aromatic heterocycles. The zero-order valence-electron chi connectivity index (χ0n) is 14.7. The Balaban J connectivity index is 0.00000261. The highest BCUT2D eigenvalue weighted by atomic mass is 127. The van der Waals surface area contributed by atoms with Crippen LogP contribution in [0.25, 0.3) is 0 Å². The molecule has 2 aromatic rings. The molecular formula is C19H21F3IN3O. The molecule has 0 bridgehead atoms. The van der Waals surface area contributed by atoms with E-state index < -0.39 is 11.7 Å². The van der Waals surface area contributed by atoms with Gasteiger partial charge in [0.25, 0.3) is 0 Å². The molecule has 0 atom stereocenters. The molecule has 8 heteroatoms. The van der Waals surface area contributed by atoms with Crippen LogP contribution in [0.3, 0.4) is 0 Å². The molecule has 0 aliphatic heterocycles. The summed E-state index contributed by atoms with van der Waals surface area (Å²) in [5, 5.41) is 3.00. The van der Waals surface area contributed by atoms with Gasteiger partial charge < -0.3 is 15.8 Å². The van der Waals surface area contributed by atoms with Crippen LogP contribution >= 0.6 is 24.0 Å². The average molecular weight is 491 g/mol. The Morgan fingerprint density at radius 1 is 1.15 bits per heavy atom. The van der Waals surface area contributed by atoms with E-state index >= 15 is 0 Å². The number of alkyl halides is 3.